The molecule has 0 aliphatic carbocycles. The summed E-state index contributed by atoms with van der Waals surface area (Å²) < 4.78 is 17.8. The molecule has 0 saturated carbocycles. The number of aryl methyl sites for hydroxylation is 1. The van der Waals surface area contributed by atoms with Crippen LogP contribution in [0.15, 0.2) is 30.3 Å². The number of amides is 1. The van der Waals surface area contributed by atoms with E-state index in [1.807, 2.05) is 6.92 Å². The first kappa shape index (κ1) is 13.4. The Bertz CT molecular complexity index is 581. The third kappa shape index (κ3) is 3.69. The lowest BCUT2D eigenvalue weighted by Crippen LogP contribution is -2.26. The molecule has 6 heteroatoms. The smallest absolute Gasteiger partial charge is 0.407 e. The van der Waals surface area contributed by atoms with Gasteiger partial charge in [-0.3, -0.25) is 0 Å². The van der Waals surface area contributed by atoms with Gasteiger partial charge >= 0.3 is 6.09 Å². The number of carbonyl (C=O) groups is 1. The molecule has 0 atom stereocenters. The largest absolute Gasteiger partial charge is 0.412 e. The lowest BCUT2D eigenvalue weighted by atomic mass is 10.2. The summed E-state index contributed by atoms with van der Waals surface area (Å²) in [7, 11) is 0. The highest BCUT2D eigenvalue weighted by Gasteiger charge is 2.10. The fourth-order valence-electron chi connectivity index (χ4n) is 1.50. The summed E-state index contributed by atoms with van der Waals surface area (Å²) in [4.78, 5) is 12.5. The van der Waals surface area contributed by atoms with Gasteiger partial charge < -0.3 is 15.8 Å². The quantitative estimate of drug-likeness (QED) is 0.908. The van der Waals surface area contributed by atoms with E-state index in [0.29, 0.717) is 10.8 Å². The van der Waals surface area contributed by atoms with Crippen LogP contribution in [0.3, 0.4) is 0 Å². The molecule has 0 radical (unpaired) electrons. The van der Waals surface area contributed by atoms with Crippen molar-refractivity contribution in [1.29, 1.82) is 0 Å². The highest BCUT2D eigenvalue weighted by atomic mass is 32.1. The van der Waals surface area contributed by atoms with Gasteiger partial charge in [-0.05, 0) is 30.7 Å². The van der Waals surface area contributed by atoms with Crippen LogP contribution in [0.1, 0.15) is 10.4 Å². The van der Waals surface area contributed by atoms with Crippen molar-refractivity contribution in [2.45, 2.75) is 13.5 Å². The maximum absolute atomic E-state index is 12.7. The van der Waals surface area contributed by atoms with E-state index < -0.39 is 6.09 Å². The molecule has 19 heavy (non-hydrogen) atoms. The van der Waals surface area contributed by atoms with Crippen molar-refractivity contribution in [3.05, 3.63) is 46.6 Å². The van der Waals surface area contributed by atoms with E-state index in [1.165, 1.54) is 23.5 Å². The number of halogens is 1. The molecule has 0 saturated heterocycles. The number of ether oxygens (including phenoxy) is 1. The fourth-order valence-corrected chi connectivity index (χ4v) is 2.22. The monoisotopic (exact) mass is 280 g/mol. The number of hydrogen-bond acceptors (Lipinski definition) is 4. The molecular weight excluding hydrogens is 267 g/mol. The van der Waals surface area contributed by atoms with Gasteiger partial charge in [0, 0.05) is 11.4 Å². The second-order valence-corrected chi connectivity index (χ2v) is 5.24. The van der Waals surface area contributed by atoms with Crippen LogP contribution in [0.5, 0.6) is 5.75 Å². The number of nitrogens with one attached hydrogen (secondary N) is 1. The molecule has 100 valence electrons. The van der Waals surface area contributed by atoms with Crippen LogP contribution in [0.4, 0.5) is 14.2 Å². The average molecular weight is 280 g/mol. The van der Waals surface area contributed by atoms with Gasteiger partial charge in [-0.25, -0.2) is 9.18 Å². The molecule has 3 N–H and O–H groups in total. The summed E-state index contributed by atoms with van der Waals surface area (Å²) in [6.45, 7) is 2.15. The van der Waals surface area contributed by atoms with Crippen molar-refractivity contribution in [3.63, 3.8) is 0 Å². The molecule has 0 fully saturated rings. The van der Waals surface area contributed by atoms with Gasteiger partial charge in [0.25, 0.3) is 0 Å². The van der Waals surface area contributed by atoms with Crippen LogP contribution in [-0.4, -0.2) is 6.09 Å². The SMILES string of the molecule is Cc1cc(OC(=O)NCc2ccc(F)cc2)c(N)s1. The molecule has 0 aliphatic rings. The van der Waals surface area contributed by atoms with Crippen molar-refractivity contribution in [1.82, 2.24) is 5.32 Å². The number of anilines is 1. The maximum Gasteiger partial charge on any atom is 0.412 e. The molecule has 0 spiro atoms. The Balaban J connectivity index is 1.88. The summed E-state index contributed by atoms with van der Waals surface area (Å²) >= 11 is 1.36. The molecule has 1 heterocycles. The molecule has 1 amide bonds. The van der Waals surface area contributed by atoms with E-state index in [4.69, 9.17) is 10.5 Å². The topological polar surface area (TPSA) is 64.3 Å². The van der Waals surface area contributed by atoms with Crippen molar-refractivity contribution in [3.8, 4) is 5.75 Å². The van der Waals surface area contributed by atoms with E-state index in [-0.39, 0.29) is 12.4 Å². The summed E-state index contributed by atoms with van der Waals surface area (Å²) in [5, 5.41) is 3.04. The molecule has 0 aliphatic heterocycles. The Morgan fingerprint density at radius 3 is 2.68 bits per heavy atom. The van der Waals surface area contributed by atoms with Crippen LogP contribution < -0.4 is 15.8 Å². The van der Waals surface area contributed by atoms with E-state index >= 15 is 0 Å². The number of thiophene rings is 1. The van der Waals surface area contributed by atoms with Crippen molar-refractivity contribution in [2.75, 3.05) is 5.73 Å². The van der Waals surface area contributed by atoms with Gasteiger partial charge in [-0.2, -0.15) is 0 Å². The number of rotatable bonds is 3. The Morgan fingerprint density at radius 1 is 1.42 bits per heavy atom. The minimum atomic E-state index is -0.589. The van der Waals surface area contributed by atoms with Gasteiger partial charge in [-0.15, -0.1) is 11.3 Å². The second kappa shape index (κ2) is 5.71. The van der Waals surface area contributed by atoms with Gasteiger partial charge in [0.1, 0.15) is 10.8 Å². The van der Waals surface area contributed by atoms with E-state index in [2.05, 4.69) is 5.32 Å². The van der Waals surface area contributed by atoms with Crippen LogP contribution in [0.2, 0.25) is 0 Å². The molecule has 2 aromatic rings. The normalized spacial score (nSPS) is 10.2. The van der Waals surface area contributed by atoms with Crippen LogP contribution in [0.25, 0.3) is 0 Å². The molecule has 4 nitrogen and oxygen atoms in total. The standard InChI is InChI=1S/C13H13FN2O2S/c1-8-6-11(12(15)19-8)18-13(17)16-7-9-2-4-10(14)5-3-9/h2-6H,7,15H2,1H3,(H,16,17). The lowest BCUT2D eigenvalue weighted by molar-refractivity contribution is 0.200. The molecule has 2 rings (SSSR count). The summed E-state index contributed by atoms with van der Waals surface area (Å²) in [5.41, 5.74) is 6.47. The molecule has 1 aromatic heterocycles. The minimum absolute atomic E-state index is 0.266. The van der Waals surface area contributed by atoms with Crippen molar-refractivity contribution < 1.29 is 13.9 Å². The predicted molar refractivity (Wildman–Crippen MR) is 72.7 cm³/mol. The Labute approximate surface area is 114 Å². The predicted octanol–water partition coefficient (Wildman–Crippen LogP) is 3.07. The highest BCUT2D eigenvalue weighted by molar-refractivity contribution is 7.16. The number of benzene rings is 1. The third-order valence-corrected chi connectivity index (χ3v) is 3.26. The molecule has 0 bridgehead atoms. The van der Waals surface area contributed by atoms with Crippen LogP contribution in [0, 0.1) is 12.7 Å². The zero-order valence-electron chi connectivity index (χ0n) is 10.3. The molecule has 0 unspecified atom stereocenters. The summed E-state index contributed by atoms with van der Waals surface area (Å²) in [5.74, 6) is 0.0481. The number of nitrogen functional groups attached to an aromatic ring is 1. The average Bonchev–Trinajstić information content (AvgIpc) is 2.67. The first-order chi connectivity index (χ1) is 9.04. The Morgan fingerprint density at radius 2 is 2.11 bits per heavy atom. The summed E-state index contributed by atoms with van der Waals surface area (Å²) in [6, 6.07) is 7.57. The van der Waals surface area contributed by atoms with E-state index in [9.17, 15) is 9.18 Å². The van der Waals surface area contributed by atoms with Gasteiger partial charge in [0.2, 0.25) is 0 Å². The number of hydrogen-bond donors (Lipinski definition) is 2. The lowest BCUT2D eigenvalue weighted by Gasteiger charge is -2.06. The van der Waals surface area contributed by atoms with E-state index in [0.717, 1.165) is 10.4 Å². The Hall–Kier alpha value is -2.08. The van der Waals surface area contributed by atoms with Crippen molar-refractivity contribution in [2.24, 2.45) is 0 Å². The van der Waals surface area contributed by atoms with Crippen LogP contribution >= 0.6 is 11.3 Å². The van der Waals surface area contributed by atoms with Crippen molar-refractivity contribution >= 4 is 22.4 Å². The van der Waals surface area contributed by atoms with Gasteiger partial charge in [0.05, 0.1) is 0 Å². The molecular formula is C13H13FN2O2S. The maximum atomic E-state index is 12.7. The minimum Gasteiger partial charge on any atom is -0.407 e. The first-order valence-corrected chi connectivity index (χ1v) is 6.42. The summed E-state index contributed by atoms with van der Waals surface area (Å²) in [6.07, 6.45) is -0.589. The first-order valence-electron chi connectivity index (χ1n) is 5.60. The number of carbonyl (C=O) groups excluding carboxylic acids is 1. The zero-order chi connectivity index (χ0) is 13.8. The number of nitrogens with two attached hydrogens (primary N) is 1. The second-order valence-electron chi connectivity index (χ2n) is 3.96. The van der Waals surface area contributed by atoms with Crippen LogP contribution in [-0.2, 0) is 6.54 Å². The van der Waals surface area contributed by atoms with E-state index in [1.54, 1.807) is 18.2 Å². The zero-order valence-corrected chi connectivity index (χ0v) is 11.1. The Kier molecular flexibility index (Phi) is 4.01. The third-order valence-electron chi connectivity index (χ3n) is 2.40. The van der Waals surface area contributed by atoms with Gasteiger partial charge in [0.15, 0.2) is 5.75 Å². The highest BCUT2D eigenvalue weighted by Crippen LogP contribution is 2.31. The van der Waals surface area contributed by atoms with Gasteiger partial charge in [-0.1, -0.05) is 12.1 Å². The molecule has 1 aromatic carbocycles. The fraction of sp³-hybridized carbons (Fsp3) is 0.154.